The van der Waals surface area contributed by atoms with E-state index >= 15 is 0 Å². The highest BCUT2D eigenvalue weighted by Gasteiger charge is 2.21. The Hall–Kier alpha value is -3.86. The molecular weight excluding hydrogens is 342 g/mol. The SMILES string of the molecule is O=[N+]([O-])c1ccc(NNC(c2ccccc2)n2cnnc2)c([N+](=O)[O-])c1. The quantitative estimate of drug-likeness (QED) is 0.485. The Morgan fingerprint density at radius 2 is 1.65 bits per heavy atom. The second-order valence-corrected chi connectivity index (χ2v) is 5.21. The molecule has 0 aliphatic heterocycles. The summed E-state index contributed by atoms with van der Waals surface area (Å²) < 4.78 is 1.67. The number of hydrogen-bond acceptors (Lipinski definition) is 8. The Labute approximate surface area is 146 Å². The Morgan fingerprint density at radius 1 is 0.962 bits per heavy atom. The maximum Gasteiger partial charge on any atom is 0.300 e. The van der Waals surface area contributed by atoms with E-state index in [4.69, 9.17) is 0 Å². The Bertz CT molecular complexity index is 915. The third-order valence-electron chi connectivity index (χ3n) is 3.58. The molecule has 0 aliphatic carbocycles. The summed E-state index contributed by atoms with van der Waals surface area (Å²) in [5.41, 5.74) is 5.88. The number of nitrogens with zero attached hydrogens (tertiary/aromatic N) is 5. The van der Waals surface area contributed by atoms with Gasteiger partial charge in [-0.25, -0.2) is 5.43 Å². The van der Waals surface area contributed by atoms with E-state index < -0.39 is 21.7 Å². The first-order chi connectivity index (χ1) is 12.6. The van der Waals surface area contributed by atoms with E-state index in [0.29, 0.717) is 0 Å². The van der Waals surface area contributed by atoms with Crippen LogP contribution in [0.15, 0.2) is 61.2 Å². The van der Waals surface area contributed by atoms with Crippen molar-refractivity contribution in [3.63, 3.8) is 0 Å². The smallest absolute Gasteiger partial charge is 0.300 e. The highest BCUT2D eigenvalue weighted by atomic mass is 16.6. The normalized spacial score (nSPS) is 11.7. The first-order valence-corrected chi connectivity index (χ1v) is 7.39. The minimum absolute atomic E-state index is 0.0922. The lowest BCUT2D eigenvalue weighted by Crippen LogP contribution is -2.32. The Morgan fingerprint density at radius 3 is 2.27 bits per heavy atom. The Kier molecular flexibility index (Phi) is 4.80. The van der Waals surface area contributed by atoms with Gasteiger partial charge in [0.25, 0.3) is 5.69 Å². The highest BCUT2D eigenvalue weighted by Crippen LogP contribution is 2.29. The average Bonchev–Trinajstić information content (AvgIpc) is 3.17. The lowest BCUT2D eigenvalue weighted by Gasteiger charge is -2.21. The van der Waals surface area contributed by atoms with E-state index in [0.717, 1.165) is 11.6 Å². The molecule has 26 heavy (non-hydrogen) atoms. The number of nitro groups is 2. The van der Waals surface area contributed by atoms with Crippen molar-refractivity contribution in [3.05, 3.63) is 87.0 Å². The molecule has 3 rings (SSSR count). The van der Waals surface area contributed by atoms with Gasteiger partial charge in [-0.15, -0.1) is 10.2 Å². The van der Waals surface area contributed by atoms with E-state index in [-0.39, 0.29) is 11.4 Å². The number of nitro benzene ring substituents is 2. The van der Waals surface area contributed by atoms with Crippen molar-refractivity contribution in [1.82, 2.24) is 20.2 Å². The second-order valence-electron chi connectivity index (χ2n) is 5.21. The Balaban J connectivity index is 1.88. The van der Waals surface area contributed by atoms with Gasteiger partial charge in [0.2, 0.25) is 0 Å². The number of nitrogens with one attached hydrogen (secondary N) is 2. The largest absolute Gasteiger partial charge is 0.313 e. The van der Waals surface area contributed by atoms with Crippen molar-refractivity contribution in [2.45, 2.75) is 6.17 Å². The summed E-state index contributed by atoms with van der Waals surface area (Å²) in [4.78, 5) is 20.7. The van der Waals surface area contributed by atoms with Gasteiger partial charge in [0.05, 0.1) is 15.9 Å². The van der Waals surface area contributed by atoms with Crippen LogP contribution < -0.4 is 10.9 Å². The van der Waals surface area contributed by atoms with Crippen LogP contribution >= 0.6 is 0 Å². The van der Waals surface area contributed by atoms with Crippen molar-refractivity contribution in [1.29, 1.82) is 0 Å². The highest BCUT2D eigenvalue weighted by molar-refractivity contribution is 5.64. The summed E-state index contributed by atoms with van der Waals surface area (Å²) in [5, 5.41) is 29.6. The van der Waals surface area contributed by atoms with Gasteiger partial charge >= 0.3 is 5.69 Å². The van der Waals surface area contributed by atoms with Crippen molar-refractivity contribution in [2.24, 2.45) is 0 Å². The van der Waals surface area contributed by atoms with Gasteiger partial charge in [0.15, 0.2) is 0 Å². The molecule has 2 N–H and O–H groups in total. The zero-order valence-electron chi connectivity index (χ0n) is 13.2. The maximum atomic E-state index is 11.2. The summed E-state index contributed by atoms with van der Waals surface area (Å²) in [5.74, 6) is 0. The number of non-ortho nitro benzene ring substituents is 1. The number of rotatable bonds is 7. The third-order valence-corrected chi connectivity index (χ3v) is 3.58. The number of benzene rings is 2. The van der Waals surface area contributed by atoms with E-state index in [9.17, 15) is 20.2 Å². The molecule has 0 saturated heterocycles. The van der Waals surface area contributed by atoms with Gasteiger partial charge in [0.1, 0.15) is 24.5 Å². The molecule has 132 valence electrons. The summed E-state index contributed by atoms with van der Waals surface area (Å²) in [6, 6.07) is 12.7. The van der Waals surface area contributed by atoms with Crippen LogP contribution in [-0.4, -0.2) is 24.6 Å². The molecule has 0 spiro atoms. The molecule has 0 amide bonds. The molecule has 0 aliphatic rings. The van der Waals surface area contributed by atoms with Crippen LogP contribution in [0.5, 0.6) is 0 Å². The first-order valence-electron chi connectivity index (χ1n) is 7.39. The standard InChI is InChI=1S/C15H13N7O4/c23-21(24)12-6-7-13(14(8-12)22(25)26)18-19-15(20-9-16-17-10-20)11-4-2-1-3-5-11/h1-10,15,18-19H. The van der Waals surface area contributed by atoms with E-state index in [2.05, 4.69) is 21.0 Å². The van der Waals surface area contributed by atoms with Gasteiger partial charge in [-0.2, -0.15) is 0 Å². The number of hydrazine groups is 1. The predicted octanol–water partition coefficient (Wildman–Crippen LogP) is 2.26. The van der Waals surface area contributed by atoms with E-state index in [1.807, 2.05) is 30.3 Å². The van der Waals surface area contributed by atoms with Crippen LogP contribution in [0.2, 0.25) is 0 Å². The monoisotopic (exact) mass is 355 g/mol. The van der Waals surface area contributed by atoms with Crippen LogP contribution in [-0.2, 0) is 0 Å². The zero-order chi connectivity index (χ0) is 18.5. The van der Waals surface area contributed by atoms with Gasteiger partial charge < -0.3 is 5.43 Å². The molecule has 0 saturated carbocycles. The van der Waals surface area contributed by atoms with Crippen molar-refractivity contribution >= 4 is 17.1 Å². The summed E-state index contributed by atoms with van der Waals surface area (Å²) in [6.07, 6.45) is 2.54. The predicted molar refractivity (Wildman–Crippen MR) is 91.1 cm³/mol. The lowest BCUT2D eigenvalue weighted by molar-refractivity contribution is -0.393. The topological polar surface area (TPSA) is 141 Å². The molecule has 11 nitrogen and oxygen atoms in total. The minimum Gasteiger partial charge on any atom is -0.313 e. The zero-order valence-corrected chi connectivity index (χ0v) is 13.2. The summed E-state index contributed by atoms with van der Waals surface area (Å²) in [7, 11) is 0. The minimum atomic E-state index is -0.687. The summed E-state index contributed by atoms with van der Waals surface area (Å²) in [6.45, 7) is 0. The van der Waals surface area contributed by atoms with Crippen LogP contribution in [0.1, 0.15) is 11.7 Å². The van der Waals surface area contributed by atoms with Crippen molar-refractivity contribution in [2.75, 3.05) is 5.43 Å². The summed E-state index contributed by atoms with van der Waals surface area (Å²) >= 11 is 0. The number of aromatic nitrogens is 3. The van der Waals surface area contributed by atoms with Gasteiger partial charge in [-0.05, 0) is 11.6 Å². The maximum absolute atomic E-state index is 11.2. The van der Waals surface area contributed by atoms with Crippen LogP contribution in [0.3, 0.4) is 0 Å². The van der Waals surface area contributed by atoms with Crippen molar-refractivity contribution in [3.8, 4) is 0 Å². The van der Waals surface area contributed by atoms with Crippen molar-refractivity contribution < 1.29 is 9.85 Å². The van der Waals surface area contributed by atoms with Gasteiger partial charge in [0, 0.05) is 6.07 Å². The fraction of sp³-hybridized carbons (Fsp3) is 0.0667. The molecule has 1 heterocycles. The molecule has 2 aromatic carbocycles. The molecule has 0 bridgehead atoms. The molecule has 1 atom stereocenters. The average molecular weight is 355 g/mol. The molecule has 0 fully saturated rings. The molecule has 3 aromatic rings. The number of hydrogen-bond donors (Lipinski definition) is 2. The number of anilines is 1. The molecule has 1 aromatic heterocycles. The lowest BCUT2D eigenvalue weighted by atomic mass is 10.2. The fourth-order valence-electron chi connectivity index (χ4n) is 2.34. The van der Waals surface area contributed by atoms with Crippen LogP contribution in [0.25, 0.3) is 0 Å². The van der Waals surface area contributed by atoms with Gasteiger partial charge in [-0.3, -0.25) is 24.8 Å². The van der Waals surface area contributed by atoms with Gasteiger partial charge in [-0.1, -0.05) is 30.3 Å². The van der Waals surface area contributed by atoms with Crippen LogP contribution in [0, 0.1) is 20.2 Å². The molecule has 1 unspecified atom stereocenters. The third kappa shape index (κ3) is 3.62. The molecular formula is C15H13N7O4. The van der Waals surface area contributed by atoms with E-state index in [1.54, 1.807) is 4.57 Å². The molecule has 0 radical (unpaired) electrons. The van der Waals surface area contributed by atoms with Crippen LogP contribution in [0.4, 0.5) is 17.1 Å². The molecule has 11 heteroatoms. The fourth-order valence-corrected chi connectivity index (χ4v) is 2.34. The first kappa shape index (κ1) is 17.0. The van der Waals surface area contributed by atoms with E-state index in [1.165, 1.54) is 24.8 Å². The second kappa shape index (κ2) is 7.36.